The summed E-state index contributed by atoms with van der Waals surface area (Å²) in [6.45, 7) is 9.86. The third kappa shape index (κ3) is 3.38. The molecule has 1 fully saturated rings. The molecule has 2 unspecified atom stereocenters. The van der Waals surface area contributed by atoms with Gasteiger partial charge in [-0.15, -0.1) is 0 Å². The van der Waals surface area contributed by atoms with E-state index in [0.717, 1.165) is 29.8 Å². The molecule has 0 spiro atoms. The van der Waals surface area contributed by atoms with Gasteiger partial charge in [0.1, 0.15) is 0 Å². The quantitative estimate of drug-likeness (QED) is 0.925. The Bertz CT molecular complexity index is 429. The highest BCUT2D eigenvalue weighted by Crippen LogP contribution is 2.23. The van der Waals surface area contributed by atoms with E-state index in [4.69, 9.17) is 0 Å². The average Bonchev–Trinajstić information content (AvgIpc) is 2.55. The first-order chi connectivity index (χ1) is 9.02. The lowest BCUT2D eigenvalue weighted by atomic mass is 10.2. The van der Waals surface area contributed by atoms with Crippen molar-refractivity contribution in [2.75, 3.05) is 13.1 Å². The smallest absolute Gasteiger partial charge is 0.0739 e. The van der Waals surface area contributed by atoms with Gasteiger partial charge < -0.3 is 5.32 Å². The number of hydrogen-bond acceptors (Lipinski definition) is 3. The molecular weight excluding hydrogens is 304 g/mol. The van der Waals surface area contributed by atoms with E-state index in [1.165, 1.54) is 18.5 Å². The number of halogens is 1. The molecule has 1 saturated heterocycles. The molecule has 1 aromatic heterocycles. The molecule has 19 heavy (non-hydrogen) atoms. The second kappa shape index (κ2) is 6.37. The molecule has 0 amide bonds. The van der Waals surface area contributed by atoms with Gasteiger partial charge in [0.2, 0.25) is 0 Å². The molecule has 1 aliphatic heterocycles. The number of aromatic nitrogens is 2. The molecular formula is C14H25BrN4. The predicted octanol–water partition coefficient (Wildman–Crippen LogP) is 2.45. The third-order valence-corrected chi connectivity index (χ3v) is 5.21. The standard InChI is InChI=1S/C14H25BrN4/c1-5-12-8-19(10(2)6-7-16-12)9-13-14(15)11(3)17-18(13)4/h10,12,16H,5-9H2,1-4H3. The summed E-state index contributed by atoms with van der Waals surface area (Å²) in [4.78, 5) is 2.58. The Morgan fingerprint density at radius 1 is 1.47 bits per heavy atom. The van der Waals surface area contributed by atoms with Gasteiger partial charge in [-0.05, 0) is 49.2 Å². The first-order valence-corrected chi connectivity index (χ1v) is 7.97. The van der Waals surface area contributed by atoms with Crippen LogP contribution in [-0.2, 0) is 13.6 Å². The van der Waals surface area contributed by atoms with Crippen LogP contribution in [0, 0.1) is 6.92 Å². The van der Waals surface area contributed by atoms with E-state index in [9.17, 15) is 0 Å². The zero-order valence-electron chi connectivity index (χ0n) is 12.4. The van der Waals surface area contributed by atoms with Crippen LogP contribution >= 0.6 is 15.9 Å². The molecule has 1 aliphatic rings. The molecule has 0 aliphatic carbocycles. The minimum absolute atomic E-state index is 0.609. The zero-order valence-corrected chi connectivity index (χ0v) is 14.0. The average molecular weight is 329 g/mol. The van der Waals surface area contributed by atoms with Crippen LogP contribution in [0.25, 0.3) is 0 Å². The minimum Gasteiger partial charge on any atom is -0.313 e. The van der Waals surface area contributed by atoms with E-state index in [0.29, 0.717) is 12.1 Å². The van der Waals surface area contributed by atoms with E-state index >= 15 is 0 Å². The summed E-state index contributed by atoms with van der Waals surface area (Å²) in [5.74, 6) is 0. The van der Waals surface area contributed by atoms with Crippen molar-refractivity contribution in [3.8, 4) is 0 Å². The summed E-state index contributed by atoms with van der Waals surface area (Å²) in [6, 6.07) is 1.23. The largest absolute Gasteiger partial charge is 0.313 e. The van der Waals surface area contributed by atoms with Crippen molar-refractivity contribution in [3.05, 3.63) is 15.9 Å². The Hall–Kier alpha value is -0.390. The fraction of sp³-hybridized carbons (Fsp3) is 0.786. The normalized spacial score (nSPS) is 25.5. The molecule has 0 bridgehead atoms. The van der Waals surface area contributed by atoms with Crippen LogP contribution in [0.3, 0.4) is 0 Å². The molecule has 2 rings (SSSR count). The van der Waals surface area contributed by atoms with Crippen LogP contribution in [0.2, 0.25) is 0 Å². The SMILES string of the molecule is CCC1CN(Cc2c(Br)c(C)nn2C)C(C)CCN1. The lowest BCUT2D eigenvalue weighted by Gasteiger charge is -2.28. The van der Waals surface area contributed by atoms with E-state index in [2.05, 4.69) is 52.0 Å². The minimum atomic E-state index is 0.609. The Balaban J connectivity index is 2.15. The molecule has 4 nitrogen and oxygen atoms in total. The van der Waals surface area contributed by atoms with Gasteiger partial charge in [-0.1, -0.05) is 6.92 Å². The van der Waals surface area contributed by atoms with Gasteiger partial charge in [0.25, 0.3) is 0 Å². The van der Waals surface area contributed by atoms with Gasteiger partial charge in [0.15, 0.2) is 0 Å². The van der Waals surface area contributed by atoms with Crippen LogP contribution in [0.5, 0.6) is 0 Å². The Kier molecular flexibility index (Phi) is 5.03. The first-order valence-electron chi connectivity index (χ1n) is 7.18. The monoisotopic (exact) mass is 328 g/mol. The molecule has 0 aromatic carbocycles. The Morgan fingerprint density at radius 3 is 2.79 bits per heavy atom. The summed E-state index contributed by atoms with van der Waals surface area (Å²) < 4.78 is 3.17. The van der Waals surface area contributed by atoms with Crippen LogP contribution in [0.1, 0.15) is 38.1 Å². The molecule has 0 saturated carbocycles. The molecule has 2 heterocycles. The van der Waals surface area contributed by atoms with Gasteiger partial charge >= 0.3 is 0 Å². The summed E-state index contributed by atoms with van der Waals surface area (Å²) in [5, 5.41) is 8.13. The van der Waals surface area contributed by atoms with Gasteiger partial charge in [-0.3, -0.25) is 9.58 Å². The predicted molar refractivity (Wildman–Crippen MR) is 82.2 cm³/mol. The van der Waals surface area contributed by atoms with Crippen molar-refractivity contribution in [2.45, 2.75) is 52.2 Å². The maximum absolute atomic E-state index is 4.49. The molecule has 1 aromatic rings. The summed E-state index contributed by atoms with van der Waals surface area (Å²) in [7, 11) is 2.03. The van der Waals surface area contributed by atoms with Gasteiger partial charge in [0, 0.05) is 32.2 Å². The van der Waals surface area contributed by atoms with Gasteiger partial charge in [0.05, 0.1) is 15.9 Å². The van der Waals surface area contributed by atoms with Gasteiger partial charge in [-0.25, -0.2) is 0 Å². The number of hydrogen-bond donors (Lipinski definition) is 1. The third-order valence-electron chi connectivity index (χ3n) is 4.18. The topological polar surface area (TPSA) is 33.1 Å². The molecule has 0 radical (unpaired) electrons. The summed E-state index contributed by atoms with van der Waals surface area (Å²) in [6.07, 6.45) is 2.40. The lowest BCUT2D eigenvalue weighted by molar-refractivity contribution is 0.189. The molecule has 1 N–H and O–H groups in total. The highest BCUT2D eigenvalue weighted by molar-refractivity contribution is 9.10. The van der Waals surface area contributed by atoms with E-state index in [-0.39, 0.29) is 0 Å². The molecule has 108 valence electrons. The fourth-order valence-corrected chi connectivity index (χ4v) is 3.21. The summed E-state index contributed by atoms with van der Waals surface area (Å²) in [5.41, 5.74) is 2.35. The molecule has 2 atom stereocenters. The highest BCUT2D eigenvalue weighted by Gasteiger charge is 2.24. The van der Waals surface area contributed by atoms with Crippen LogP contribution in [0.15, 0.2) is 4.47 Å². The van der Waals surface area contributed by atoms with E-state index in [1.807, 2.05) is 11.7 Å². The molecule has 5 heteroatoms. The first kappa shape index (κ1) is 15.0. The van der Waals surface area contributed by atoms with Crippen LogP contribution in [0.4, 0.5) is 0 Å². The fourth-order valence-electron chi connectivity index (χ4n) is 2.74. The number of nitrogens with one attached hydrogen (secondary N) is 1. The number of rotatable bonds is 3. The van der Waals surface area contributed by atoms with E-state index in [1.54, 1.807) is 0 Å². The number of nitrogens with zero attached hydrogens (tertiary/aromatic N) is 3. The lowest BCUT2D eigenvalue weighted by Crippen LogP contribution is -2.39. The maximum atomic E-state index is 4.49. The Labute approximate surface area is 124 Å². The van der Waals surface area contributed by atoms with E-state index < -0.39 is 0 Å². The van der Waals surface area contributed by atoms with Crippen molar-refractivity contribution in [3.63, 3.8) is 0 Å². The van der Waals surface area contributed by atoms with Crippen molar-refractivity contribution < 1.29 is 0 Å². The van der Waals surface area contributed by atoms with Crippen LogP contribution in [-0.4, -0.2) is 39.9 Å². The Morgan fingerprint density at radius 2 is 2.21 bits per heavy atom. The van der Waals surface area contributed by atoms with Crippen molar-refractivity contribution in [2.24, 2.45) is 7.05 Å². The highest BCUT2D eigenvalue weighted by atomic mass is 79.9. The van der Waals surface area contributed by atoms with Crippen molar-refractivity contribution in [1.29, 1.82) is 0 Å². The second-order valence-corrected chi connectivity index (χ2v) is 6.39. The summed E-state index contributed by atoms with van der Waals surface area (Å²) >= 11 is 3.67. The number of aryl methyl sites for hydroxylation is 2. The zero-order chi connectivity index (χ0) is 14.0. The maximum Gasteiger partial charge on any atom is 0.0739 e. The second-order valence-electron chi connectivity index (χ2n) is 5.60. The van der Waals surface area contributed by atoms with Gasteiger partial charge in [-0.2, -0.15) is 5.10 Å². The van der Waals surface area contributed by atoms with Crippen molar-refractivity contribution >= 4 is 15.9 Å². The van der Waals surface area contributed by atoms with Crippen LogP contribution < -0.4 is 5.32 Å². The van der Waals surface area contributed by atoms with Crippen molar-refractivity contribution in [1.82, 2.24) is 20.0 Å².